The number of aliphatic hydroxyl groups is 1. The average molecular weight is 549 g/mol. The van der Waals surface area contributed by atoms with Crippen LogP contribution in [0, 0.1) is 0 Å². The van der Waals surface area contributed by atoms with Gasteiger partial charge in [0.2, 0.25) is 17.7 Å². The van der Waals surface area contributed by atoms with Gasteiger partial charge in [0, 0.05) is 18.6 Å². The van der Waals surface area contributed by atoms with Crippen LogP contribution in [0.25, 0.3) is 0 Å². The summed E-state index contributed by atoms with van der Waals surface area (Å²) in [6, 6.07) is 6.55. The SMILES string of the molecule is CC(O)C(N)C(=O)NC(CS)C(=O)NC(Cc1ccc(O)cc1)C(=O)NC(Cc1ccc(O)cc1)C(=O)O. The van der Waals surface area contributed by atoms with Crippen molar-refractivity contribution in [3.63, 3.8) is 0 Å². The Bertz CT molecular complexity index is 1110. The lowest BCUT2D eigenvalue weighted by atomic mass is 10.0. The molecule has 38 heavy (non-hydrogen) atoms. The number of aliphatic hydroxyl groups excluding tert-OH is 1. The van der Waals surface area contributed by atoms with E-state index < -0.39 is 54.0 Å². The van der Waals surface area contributed by atoms with Crippen LogP contribution in [-0.4, -0.2) is 80.1 Å². The molecule has 0 heterocycles. The highest BCUT2D eigenvalue weighted by Crippen LogP contribution is 2.14. The van der Waals surface area contributed by atoms with Gasteiger partial charge < -0.3 is 42.1 Å². The number of hydrogen-bond donors (Lipinski definition) is 9. The monoisotopic (exact) mass is 548 g/mol. The number of rotatable bonds is 13. The molecule has 12 nitrogen and oxygen atoms in total. The summed E-state index contributed by atoms with van der Waals surface area (Å²) in [6.45, 7) is 1.31. The molecule has 2 aromatic rings. The fourth-order valence-corrected chi connectivity index (χ4v) is 3.63. The molecule has 9 N–H and O–H groups in total. The average Bonchev–Trinajstić information content (AvgIpc) is 2.87. The summed E-state index contributed by atoms with van der Waals surface area (Å²) in [6.07, 6.45) is -1.33. The van der Waals surface area contributed by atoms with E-state index in [2.05, 4.69) is 28.6 Å². The summed E-state index contributed by atoms with van der Waals surface area (Å²) < 4.78 is 0. The molecule has 2 aromatic carbocycles. The highest BCUT2D eigenvalue weighted by Gasteiger charge is 2.31. The van der Waals surface area contributed by atoms with Crippen molar-refractivity contribution in [3.8, 4) is 11.5 Å². The highest BCUT2D eigenvalue weighted by atomic mass is 32.1. The molecule has 2 rings (SSSR count). The summed E-state index contributed by atoms with van der Waals surface area (Å²) in [4.78, 5) is 50.3. The Morgan fingerprint density at radius 2 is 1.16 bits per heavy atom. The summed E-state index contributed by atoms with van der Waals surface area (Å²) >= 11 is 4.08. The summed E-state index contributed by atoms with van der Waals surface area (Å²) in [5.74, 6) is -3.86. The first-order valence-corrected chi connectivity index (χ1v) is 12.3. The fraction of sp³-hybridized carbons (Fsp3) is 0.360. The zero-order valence-corrected chi connectivity index (χ0v) is 21.5. The van der Waals surface area contributed by atoms with Gasteiger partial charge in [-0.05, 0) is 42.3 Å². The molecule has 3 amide bonds. The fourth-order valence-electron chi connectivity index (χ4n) is 3.37. The van der Waals surface area contributed by atoms with E-state index in [0.717, 1.165) is 0 Å². The first kappa shape index (κ1) is 30.4. The van der Waals surface area contributed by atoms with Gasteiger partial charge in [-0.15, -0.1) is 0 Å². The summed E-state index contributed by atoms with van der Waals surface area (Å²) in [7, 11) is 0. The molecular weight excluding hydrogens is 516 g/mol. The highest BCUT2D eigenvalue weighted by molar-refractivity contribution is 7.80. The molecule has 0 aliphatic carbocycles. The van der Waals surface area contributed by atoms with Crippen LogP contribution in [0.5, 0.6) is 11.5 Å². The topological polar surface area (TPSA) is 211 Å². The van der Waals surface area contributed by atoms with E-state index in [1.807, 2.05) is 0 Å². The molecule has 0 saturated heterocycles. The minimum atomic E-state index is -1.35. The first-order chi connectivity index (χ1) is 17.9. The second kappa shape index (κ2) is 14.2. The van der Waals surface area contributed by atoms with Gasteiger partial charge in [-0.25, -0.2) is 4.79 Å². The molecule has 0 spiro atoms. The molecular formula is C25H32N4O8S. The smallest absolute Gasteiger partial charge is 0.326 e. The predicted molar refractivity (Wildman–Crippen MR) is 141 cm³/mol. The lowest BCUT2D eigenvalue weighted by Gasteiger charge is -2.25. The molecule has 0 aromatic heterocycles. The van der Waals surface area contributed by atoms with Crippen molar-refractivity contribution in [1.29, 1.82) is 0 Å². The number of benzene rings is 2. The second-order valence-corrected chi connectivity index (χ2v) is 9.08. The minimum absolute atomic E-state index is 0.00146. The van der Waals surface area contributed by atoms with Gasteiger partial charge in [0.25, 0.3) is 0 Å². The molecule has 0 radical (unpaired) electrons. The quantitative estimate of drug-likeness (QED) is 0.141. The van der Waals surface area contributed by atoms with Crippen LogP contribution < -0.4 is 21.7 Å². The van der Waals surface area contributed by atoms with E-state index in [4.69, 9.17) is 5.73 Å². The van der Waals surface area contributed by atoms with Crippen LogP contribution in [0.2, 0.25) is 0 Å². The third kappa shape index (κ3) is 9.25. The van der Waals surface area contributed by atoms with Crippen molar-refractivity contribution in [1.82, 2.24) is 16.0 Å². The van der Waals surface area contributed by atoms with Gasteiger partial charge in [-0.1, -0.05) is 24.3 Å². The zero-order chi connectivity index (χ0) is 28.4. The Kier molecular flexibility index (Phi) is 11.4. The Morgan fingerprint density at radius 1 is 0.763 bits per heavy atom. The van der Waals surface area contributed by atoms with E-state index in [-0.39, 0.29) is 30.1 Å². The molecule has 0 aliphatic rings. The van der Waals surface area contributed by atoms with Gasteiger partial charge >= 0.3 is 5.97 Å². The van der Waals surface area contributed by atoms with Crippen molar-refractivity contribution >= 4 is 36.3 Å². The van der Waals surface area contributed by atoms with Gasteiger partial charge in [-0.2, -0.15) is 12.6 Å². The third-order valence-corrected chi connectivity index (χ3v) is 6.00. The number of aromatic hydroxyl groups is 2. The van der Waals surface area contributed by atoms with E-state index in [0.29, 0.717) is 11.1 Å². The molecule has 5 unspecified atom stereocenters. The molecule has 206 valence electrons. The first-order valence-electron chi connectivity index (χ1n) is 11.7. The van der Waals surface area contributed by atoms with Crippen LogP contribution in [0.15, 0.2) is 48.5 Å². The molecule has 0 saturated carbocycles. The number of phenolic OH excluding ortho intramolecular Hbond substituents is 2. The molecule has 0 bridgehead atoms. The number of carbonyl (C=O) groups is 4. The Morgan fingerprint density at radius 3 is 1.58 bits per heavy atom. The maximum atomic E-state index is 13.2. The number of phenols is 2. The van der Waals surface area contributed by atoms with Crippen LogP contribution in [0.1, 0.15) is 18.1 Å². The van der Waals surface area contributed by atoms with Crippen LogP contribution in [0.3, 0.4) is 0 Å². The lowest BCUT2D eigenvalue weighted by Crippen LogP contribution is -2.59. The molecule has 5 atom stereocenters. The maximum absolute atomic E-state index is 13.2. The van der Waals surface area contributed by atoms with Crippen molar-refractivity contribution in [3.05, 3.63) is 59.7 Å². The van der Waals surface area contributed by atoms with Crippen LogP contribution in [0.4, 0.5) is 0 Å². The second-order valence-electron chi connectivity index (χ2n) is 8.71. The van der Waals surface area contributed by atoms with Gasteiger partial charge in [0.1, 0.15) is 35.7 Å². The number of carboxylic acids is 1. The number of carboxylic acid groups (broad SMARTS) is 1. The van der Waals surface area contributed by atoms with E-state index in [9.17, 15) is 39.6 Å². The van der Waals surface area contributed by atoms with Crippen molar-refractivity contribution in [2.75, 3.05) is 5.75 Å². The number of amides is 3. The number of carbonyl (C=O) groups excluding carboxylic acids is 3. The standard InChI is InChI=1S/C25H32N4O8S/c1-13(30)21(26)24(35)29-20(12-38)23(34)27-18(10-14-2-6-16(31)7-3-14)22(33)28-19(25(36)37)11-15-4-8-17(32)9-5-15/h2-9,13,18-21,30-32,38H,10-12,26H2,1H3,(H,27,34)(H,28,33)(H,29,35)(H,36,37). The Balaban J connectivity index is 2.22. The lowest BCUT2D eigenvalue weighted by molar-refractivity contribution is -0.142. The third-order valence-electron chi connectivity index (χ3n) is 5.64. The zero-order valence-electron chi connectivity index (χ0n) is 20.6. The minimum Gasteiger partial charge on any atom is -0.508 e. The summed E-state index contributed by atoms with van der Waals surface area (Å²) in [5, 5.41) is 45.5. The predicted octanol–water partition coefficient (Wildman–Crippen LogP) is -0.940. The van der Waals surface area contributed by atoms with Crippen molar-refractivity contribution in [2.24, 2.45) is 5.73 Å². The Hall–Kier alpha value is -3.81. The number of nitrogens with one attached hydrogen (secondary N) is 3. The molecule has 0 fully saturated rings. The van der Waals surface area contributed by atoms with Crippen molar-refractivity contribution in [2.45, 2.75) is 50.0 Å². The van der Waals surface area contributed by atoms with Gasteiger partial charge in [0.05, 0.1) is 6.10 Å². The number of thiol groups is 1. The largest absolute Gasteiger partial charge is 0.508 e. The summed E-state index contributed by atoms with van der Waals surface area (Å²) in [5.41, 5.74) is 6.70. The number of aliphatic carboxylic acids is 1. The number of nitrogens with two attached hydrogens (primary N) is 1. The van der Waals surface area contributed by atoms with Crippen LogP contribution in [-0.2, 0) is 32.0 Å². The Labute approximate surface area is 224 Å². The normalized spacial score (nSPS) is 14.8. The maximum Gasteiger partial charge on any atom is 0.326 e. The number of hydrogen-bond acceptors (Lipinski definition) is 9. The molecule has 0 aliphatic heterocycles. The van der Waals surface area contributed by atoms with Crippen LogP contribution >= 0.6 is 12.6 Å². The van der Waals surface area contributed by atoms with Gasteiger partial charge in [-0.3, -0.25) is 14.4 Å². The van der Waals surface area contributed by atoms with E-state index in [1.54, 1.807) is 0 Å². The van der Waals surface area contributed by atoms with Gasteiger partial charge in [0.15, 0.2) is 0 Å². The van der Waals surface area contributed by atoms with E-state index in [1.165, 1.54) is 55.5 Å². The van der Waals surface area contributed by atoms with Crippen molar-refractivity contribution < 1.29 is 39.6 Å². The van der Waals surface area contributed by atoms with E-state index >= 15 is 0 Å². The molecule has 13 heteroatoms.